The van der Waals surface area contributed by atoms with Crippen LogP contribution in [0.1, 0.15) is 40.9 Å². The number of carbonyl (C=O) groups excluding carboxylic acids is 1. The van der Waals surface area contributed by atoms with Crippen LogP contribution >= 0.6 is 34.5 Å². The van der Waals surface area contributed by atoms with Crippen LogP contribution < -0.4 is 0 Å². The third kappa shape index (κ3) is 5.56. The predicted octanol–water partition coefficient (Wildman–Crippen LogP) is 8.53. The molecule has 1 amide bonds. The maximum absolute atomic E-state index is 15.2. The number of thiophene rings is 1. The summed E-state index contributed by atoms with van der Waals surface area (Å²) in [5, 5.41) is 2.01. The monoisotopic (exact) mass is 554 g/mol. The first-order chi connectivity index (χ1) is 17.8. The summed E-state index contributed by atoms with van der Waals surface area (Å²) < 4.78 is 16.1. The first-order valence-corrected chi connectivity index (χ1v) is 14.1. The Morgan fingerprint density at radius 1 is 0.919 bits per heavy atom. The van der Waals surface area contributed by atoms with E-state index in [0.717, 1.165) is 46.9 Å². The lowest BCUT2D eigenvalue weighted by Crippen LogP contribution is -2.44. The second-order valence-electron chi connectivity index (χ2n) is 9.91. The maximum Gasteiger partial charge on any atom is 0.266 e. The normalized spacial score (nSPS) is 17.9. The number of amides is 1. The summed E-state index contributed by atoms with van der Waals surface area (Å²) in [4.78, 5) is 18.7. The lowest BCUT2D eigenvalue weighted by Gasteiger charge is -2.39. The molecular weight excluding hydrogens is 526 g/mol. The fourth-order valence-electron chi connectivity index (χ4n) is 5.24. The third-order valence-electron chi connectivity index (χ3n) is 7.39. The topological polar surface area (TPSA) is 23.6 Å². The van der Waals surface area contributed by atoms with Crippen LogP contribution in [0, 0.1) is 5.82 Å². The van der Waals surface area contributed by atoms with Crippen LogP contribution in [0.25, 0.3) is 21.2 Å². The molecule has 0 bridgehead atoms. The van der Waals surface area contributed by atoms with Crippen LogP contribution in [0.4, 0.5) is 4.39 Å². The molecule has 1 fully saturated rings. The fraction of sp³-hybridized carbons (Fsp3) is 0.300. The number of fused-ring (bicyclic) bond motifs is 1. The molecule has 1 heterocycles. The molecule has 0 radical (unpaired) electrons. The van der Waals surface area contributed by atoms with Crippen molar-refractivity contribution in [1.29, 1.82) is 0 Å². The highest BCUT2D eigenvalue weighted by atomic mass is 35.5. The molecule has 0 spiro atoms. The van der Waals surface area contributed by atoms with Crippen molar-refractivity contribution in [2.24, 2.45) is 0 Å². The first kappa shape index (κ1) is 26.2. The predicted molar refractivity (Wildman–Crippen MR) is 153 cm³/mol. The Labute approximate surface area is 231 Å². The van der Waals surface area contributed by atoms with Crippen molar-refractivity contribution in [2.45, 2.75) is 44.3 Å². The molecule has 7 heteroatoms. The molecule has 1 saturated carbocycles. The molecular formula is C30H29Cl2FN2OS. The molecule has 0 unspecified atom stereocenters. The quantitative estimate of drug-likeness (QED) is 0.238. The van der Waals surface area contributed by atoms with Gasteiger partial charge in [0.1, 0.15) is 10.7 Å². The molecule has 1 aliphatic rings. The van der Waals surface area contributed by atoms with Crippen LogP contribution in [0.5, 0.6) is 0 Å². The van der Waals surface area contributed by atoms with Crippen LogP contribution in [0.2, 0.25) is 10.0 Å². The molecule has 4 aromatic rings. The molecule has 0 atom stereocenters. The van der Waals surface area contributed by atoms with Gasteiger partial charge in [0.25, 0.3) is 5.91 Å². The minimum Gasteiger partial charge on any atom is -0.330 e. The summed E-state index contributed by atoms with van der Waals surface area (Å²) in [6.07, 6.45) is 3.73. The van der Waals surface area contributed by atoms with E-state index in [1.807, 2.05) is 59.5 Å². The summed E-state index contributed by atoms with van der Waals surface area (Å²) in [5.41, 5.74) is 2.33. The summed E-state index contributed by atoms with van der Waals surface area (Å²) in [6.45, 7) is 0.188. The van der Waals surface area contributed by atoms with E-state index in [9.17, 15) is 4.79 Å². The van der Waals surface area contributed by atoms with E-state index in [-0.39, 0.29) is 24.3 Å². The summed E-state index contributed by atoms with van der Waals surface area (Å²) in [5.74, 6) is -0.448. The van der Waals surface area contributed by atoms with Crippen LogP contribution in [-0.4, -0.2) is 41.9 Å². The van der Waals surface area contributed by atoms with E-state index in [4.69, 9.17) is 23.2 Å². The smallest absolute Gasteiger partial charge is 0.266 e. The lowest BCUT2D eigenvalue weighted by molar-refractivity contribution is 0.0572. The molecule has 0 aliphatic heterocycles. The number of halogens is 3. The fourth-order valence-corrected chi connectivity index (χ4v) is 6.83. The number of hydrogen-bond donors (Lipinski definition) is 0. The van der Waals surface area contributed by atoms with Gasteiger partial charge in [0, 0.05) is 39.3 Å². The number of carbonyl (C=O) groups is 1. The maximum atomic E-state index is 15.2. The average molecular weight is 556 g/mol. The molecule has 1 aromatic heterocycles. The first-order valence-electron chi connectivity index (χ1n) is 12.5. The van der Waals surface area contributed by atoms with Crippen molar-refractivity contribution >= 4 is 50.5 Å². The third-order valence-corrected chi connectivity index (χ3v) is 9.31. The van der Waals surface area contributed by atoms with Gasteiger partial charge in [-0.15, -0.1) is 11.3 Å². The average Bonchev–Trinajstić information content (AvgIpc) is 3.25. The van der Waals surface area contributed by atoms with E-state index in [2.05, 4.69) is 19.0 Å². The Morgan fingerprint density at radius 2 is 1.57 bits per heavy atom. The molecule has 3 nitrogen and oxygen atoms in total. The Balaban J connectivity index is 1.50. The molecule has 1 aliphatic carbocycles. The number of nitrogens with zero attached hydrogens (tertiary/aromatic N) is 2. The zero-order valence-corrected chi connectivity index (χ0v) is 23.2. The van der Waals surface area contributed by atoms with Crippen LogP contribution in [0.15, 0.2) is 66.7 Å². The van der Waals surface area contributed by atoms with E-state index in [1.165, 1.54) is 17.4 Å². The van der Waals surface area contributed by atoms with Crippen LogP contribution in [-0.2, 0) is 6.54 Å². The second kappa shape index (κ2) is 11.1. The molecule has 0 saturated heterocycles. The van der Waals surface area contributed by atoms with Crippen molar-refractivity contribution in [3.8, 4) is 11.1 Å². The number of rotatable bonds is 6. The SMILES string of the molecule is CN(C)[C@H]1CC[C@H](N(Cc2cc(-c3ccc(Cl)cc3)ccc2F)C(=O)c2sc3ccccc3c2Cl)CC1. The van der Waals surface area contributed by atoms with Crippen molar-refractivity contribution in [3.05, 3.63) is 93.0 Å². The number of hydrogen-bond acceptors (Lipinski definition) is 3. The Morgan fingerprint density at radius 3 is 2.24 bits per heavy atom. The Kier molecular flexibility index (Phi) is 7.87. The molecule has 37 heavy (non-hydrogen) atoms. The lowest BCUT2D eigenvalue weighted by atomic mass is 9.89. The second-order valence-corrected chi connectivity index (χ2v) is 11.8. The van der Waals surface area contributed by atoms with E-state index in [0.29, 0.717) is 26.5 Å². The standard InChI is InChI=1S/C30H29Cl2FN2OS/c1-34(2)23-12-14-24(15-13-23)35(30(36)29-28(32)25-5-3-4-6-27(25)37-29)18-21-17-20(9-16-26(21)33)19-7-10-22(31)11-8-19/h3-11,16-17,23-24H,12-15,18H2,1-2H3/t23-,24-. The molecule has 0 N–H and O–H groups in total. The number of benzene rings is 3. The highest BCUT2D eigenvalue weighted by Gasteiger charge is 2.32. The minimum absolute atomic E-state index is 0.0172. The molecule has 192 valence electrons. The Bertz CT molecular complexity index is 1410. The molecule has 5 rings (SSSR count). The van der Waals surface area contributed by atoms with E-state index < -0.39 is 0 Å². The summed E-state index contributed by atoms with van der Waals surface area (Å²) >= 11 is 14.2. The van der Waals surface area contributed by atoms with Gasteiger partial charge in [0.05, 0.1) is 5.02 Å². The Hall–Kier alpha value is -2.44. The van der Waals surface area contributed by atoms with Crippen LogP contribution in [0.3, 0.4) is 0 Å². The van der Waals surface area contributed by atoms with Gasteiger partial charge in [0.15, 0.2) is 0 Å². The van der Waals surface area contributed by atoms with Gasteiger partial charge in [-0.1, -0.05) is 59.6 Å². The zero-order chi connectivity index (χ0) is 26.1. The van der Waals surface area contributed by atoms with Crippen molar-refractivity contribution in [3.63, 3.8) is 0 Å². The van der Waals surface area contributed by atoms with Gasteiger partial charge >= 0.3 is 0 Å². The largest absolute Gasteiger partial charge is 0.330 e. The highest BCUT2D eigenvalue weighted by Crippen LogP contribution is 2.38. The van der Waals surface area contributed by atoms with Gasteiger partial charge < -0.3 is 9.80 Å². The van der Waals surface area contributed by atoms with Gasteiger partial charge in [-0.3, -0.25) is 4.79 Å². The van der Waals surface area contributed by atoms with Gasteiger partial charge in [-0.25, -0.2) is 4.39 Å². The van der Waals surface area contributed by atoms with E-state index >= 15 is 4.39 Å². The van der Waals surface area contributed by atoms with E-state index in [1.54, 1.807) is 6.07 Å². The minimum atomic E-state index is -0.320. The zero-order valence-electron chi connectivity index (χ0n) is 20.9. The summed E-state index contributed by atoms with van der Waals surface area (Å²) in [6, 6.07) is 20.9. The summed E-state index contributed by atoms with van der Waals surface area (Å²) in [7, 11) is 4.20. The van der Waals surface area contributed by atoms with Gasteiger partial charge in [-0.2, -0.15) is 0 Å². The van der Waals surface area contributed by atoms with Gasteiger partial charge in [-0.05, 0) is 81.2 Å². The highest BCUT2D eigenvalue weighted by molar-refractivity contribution is 7.21. The van der Waals surface area contributed by atoms with Crippen molar-refractivity contribution in [2.75, 3.05) is 14.1 Å². The molecule has 3 aromatic carbocycles. The van der Waals surface area contributed by atoms with Gasteiger partial charge in [0.2, 0.25) is 0 Å². The van der Waals surface area contributed by atoms with Crippen molar-refractivity contribution in [1.82, 2.24) is 9.80 Å². The van der Waals surface area contributed by atoms with Crippen molar-refractivity contribution < 1.29 is 9.18 Å².